The fourth-order valence-corrected chi connectivity index (χ4v) is 3.29. The van der Waals surface area contributed by atoms with Gasteiger partial charge in [0, 0.05) is 16.5 Å². The average molecular weight is 298 g/mol. The topological polar surface area (TPSA) is 40.5 Å². The van der Waals surface area contributed by atoms with Gasteiger partial charge in [-0.1, -0.05) is 49.2 Å². The fourth-order valence-electron chi connectivity index (χ4n) is 3.29. The van der Waals surface area contributed by atoms with Crippen LogP contribution in [0.25, 0.3) is 0 Å². The minimum absolute atomic E-state index is 0.327. The zero-order chi connectivity index (χ0) is 16.7. The second kappa shape index (κ2) is 5.68. The van der Waals surface area contributed by atoms with Crippen LogP contribution in [0.4, 0.5) is 0 Å². The van der Waals surface area contributed by atoms with Crippen LogP contribution in [0.1, 0.15) is 53.6 Å². The Bertz CT molecular complexity index is 657. The van der Waals surface area contributed by atoms with Crippen molar-refractivity contribution in [3.05, 3.63) is 57.6 Å². The summed E-state index contributed by atoms with van der Waals surface area (Å²) in [5.74, 6) is 0.655. The van der Waals surface area contributed by atoms with Gasteiger partial charge in [-0.05, 0) is 45.2 Å². The first-order valence-electron chi connectivity index (χ1n) is 7.82. The van der Waals surface area contributed by atoms with Crippen molar-refractivity contribution in [1.29, 1.82) is 0 Å². The molecule has 0 atom stereocenters. The summed E-state index contributed by atoms with van der Waals surface area (Å²) in [5, 5.41) is 21.2. The van der Waals surface area contributed by atoms with E-state index in [-0.39, 0.29) is 0 Å². The van der Waals surface area contributed by atoms with Crippen molar-refractivity contribution in [2.75, 3.05) is 0 Å². The van der Waals surface area contributed by atoms with Gasteiger partial charge >= 0.3 is 0 Å². The summed E-state index contributed by atoms with van der Waals surface area (Å²) < 4.78 is 0. The molecule has 2 aromatic rings. The summed E-state index contributed by atoms with van der Waals surface area (Å²) in [5.41, 5.74) is 5.32. The number of benzene rings is 2. The van der Waals surface area contributed by atoms with Crippen molar-refractivity contribution in [1.82, 2.24) is 0 Å². The third-order valence-corrected chi connectivity index (χ3v) is 4.79. The molecule has 0 aliphatic carbocycles. The summed E-state index contributed by atoms with van der Waals surface area (Å²) in [6, 6.07) is 8.03. The van der Waals surface area contributed by atoms with Gasteiger partial charge in [-0.2, -0.15) is 0 Å². The zero-order valence-electron chi connectivity index (χ0n) is 14.4. The molecule has 22 heavy (non-hydrogen) atoms. The lowest BCUT2D eigenvalue weighted by Crippen LogP contribution is -2.24. The van der Waals surface area contributed by atoms with Gasteiger partial charge in [0.2, 0.25) is 0 Å². The molecule has 0 aliphatic rings. The van der Waals surface area contributed by atoms with Crippen LogP contribution in [0.2, 0.25) is 0 Å². The highest BCUT2D eigenvalue weighted by Gasteiger charge is 2.33. The monoisotopic (exact) mass is 298 g/mol. The summed E-state index contributed by atoms with van der Waals surface area (Å²) >= 11 is 0. The number of hydrogen-bond donors (Lipinski definition) is 2. The number of aromatic hydroxyl groups is 2. The first kappa shape index (κ1) is 16.4. The molecule has 0 radical (unpaired) electrons. The highest BCUT2D eigenvalue weighted by molar-refractivity contribution is 5.56. The standard InChI is InChI=1S/C20H26O2/c1-7-20(6,16-10-12(2)8-14(4)18(16)21)17-11-13(3)9-15(5)19(17)22/h8-11,21-22H,7H2,1-6H3. The SMILES string of the molecule is CCC(C)(c1cc(C)cc(C)c1O)c1cc(C)cc(C)c1O. The Hall–Kier alpha value is -1.96. The fraction of sp³-hybridized carbons (Fsp3) is 0.400. The van der Waals surface area contributed by atoms with Crippen LogP contribution >= 0.6 is 0 Å². The molecule has 2 aromatic carbocycles. The Kier molecular flexibility index (Phi) is 4.23. The smallest absolute Gasteiger partial charge is 0.122 e. The predicted molar refractivity (Wildman–Crippen MR) is 91.9 cm³/mol. The summed E-state index contributed by atoms with van der Waals surface area (Å²) in [7, 11) is 0. The third-order valence-electron chi connectivity index (χ3n) is 4.79. The van der Waals surface area contributed by atoms with Crippen LogP contribution in [0, 0.1) is 27.7 Å². The number of phenolic OH excluding ortho intramolecular Hbond substituents is 2. The van der Waals surface area contributed by atoms with Gasteiger partial charge in [0.15, 0.2) is 0 Å². The molecule has 0 unspecified atom stereocenters. The molecular formula is C20H26O2. The van der Waals surface area contributed by atoms with E-state index < -0.39 is 5.41 Å². The van der Waals surface area contributed by atoms with Crippen molar-refractivity contribution in [3.8, 4) is 11.5 Å². The molecule has 0 saturated heterocycles. The lowest BCUT2D eigenvalue weighted by Gasteiger charge is -2.32. The van der Waals surface area contributed by atoms with Gasteiger partial charge in [0.05, 0.1) is 0 Å². The molecule has 0 aromatic heterocycles. The minimum Gasteiger partial charge on any atom is -0.507 e. The van der Waals surface area contributed by atoms with E-state index in [2.05, 4.69) is 13.8 Å². The molecule has 0 fully saturated rings. The largest absolute Gasteiger partial charge is 0.507 e. The van der Waals surface area contributed by atoms with E-state index in [0.717, 1.165) is 39.8 Å². The van der Waals surface area contributed by atoms with Crippen molar-refractivity contribution < 1.29 is 10.2 Å². The molecule has 0 spiro atoms. The number of phenols is 2. The summed E-state index contributed by atoms with van der Waals surface area (Å²) in [6.07, 6.45) is 0.792. The van der Waals surface area contributed by atoms with Crippen molar-refractivity contribution in [2.45, 2.75) is 53.4 Å². The van der Waals surface area contributed by atoms with Gasteiger partial charge in [0.25, 0.3) is 0 Å². The highest BCUT2D eigenvalue weighted by Crippen LogP contribution is 2.45. The molecule has 0 bridgehead atoms. The lowest BCUT2D eigenvalue weighted by atomic mass is 9.72. The first-order valence-corrected chi connectivity index (χ1v) is 7.82. The molecule has 2 rings (SSSR count). The van der Waals surface area contributed by atoms with Gasteiger partial charge < -0.3 is 10.2 Å². The van der Waals surface area contributed by atoms with Crippen molar-refractivity contribution in [3.63, 3.8) is 0 Å². The number of aryl methyl sites for hydroxylation is 4. The van der Waals surface area contributed by atoms with Crippen LogP contribution in [-0.2, 0) is 5.41 Å². The third kappa shape index (κ3) is 2.58. The first-order chi connectivity index (χ1) is 10.2. The van der Waals surface area contributed by atoms with Crippen LogP contribution in [0.15, 0.2) is 24.3 Å². The predicted octanol–water partition coefficient (Wildman–Crippen LogP) is 5.05. The van der Waals surface area contributed by atoms with Crippen molar-refractivity contribution >= 4 is 0 Å². The maximum Gasteiger partial charge on any atom is 0.122 e. The number of hydrogen-bond acceptors (Lipinski definition) is 2. The Morgan fingerprint density at radius 2 is 1.14 bits per heavy atom. The normalized spacial score (nSPS) is 11.7. The molecule has 2 heteroatoms. The van der Waals surface area contributed by atoms with Crippen LogP contribution in [0.5, 0.6) is 11.5 Å². The van der Waals surface area contributed by atoms with E-state index in [1.165, 1.54) is 0 Å². The minimum atomic E-state index is -0.429. The van der Waals surface area contributed by atoms with E-state index in [1.54, 1.807) is 0 Å². The Morgan fingerprint density at radius 1 is 0.773 bits per heavy atom. The number of rotatable bonds is 3. The van der Waals surface area contributed by atoms with E-state index in [4.69, 9.17) is 0 Å². The Morgan fingerprint density at radius 3 is 1.45 bits per heavy atom. The molecular weight excluding hydrogens is 272 g/mol. The Balaban J connectivity index is 2.79. The molecule has 0 heterocycles. The second-order valence-corrected chi connectivity index (χ2v) is 6.64. The average Bonchev–Trinajstić information content (AvgIpc) is 2.45. The van der Waals surface area contributed by atoms with E-state index >= 15 is 0 Å². The van der Waals surface area contributed by atoms with E-state index in [9.17, 15) is 10.2 Å². The zero-order valence-corrected chi connectivity index (χ0v) is 14.4. The Labute approximate surface area is 133 Å². The highest BCUT2D eigenvalue weighted by atomic mass is 16.3. The van der Waals surface area contributed by atoms with Gasteiger partial charge in [-0.25, -0.2) is 0 Å². The lowest BCUT2D eigenvalue weighted by molar-refractivity contribution is 0.416. The molecule has 118 valence electrons. The van der Waals surface area contributed by atoms with Crippen LogP contribution in [0.3, 0.4) is 0 Å². The molecule has 0 saturated carbocycles. The van der Waals surface area contributed by atoms with E-state index in [1.807, 2.05) is 52.0 Å². The summed E-state index contributed by atoms with van der Waals surface area (Å²) in [6.45, 7) is 12.1. The molecule has 0 amide bonds. The van der Waals surface area contributed by atoms with Gasteiger partial charge in [-0.3, -0.25) is 0 Å². The molecule has 2 N–H and O–H groups in total. The molecule has 0 aliphatic heterocycles. The van der Waals surface area contributed by atoms with Crippen molar-refractivity contribution in [2.24, 2.45) is 0 Å². The van der Waals surface area contributed by atoms with E-state index in [0.29, 0.717) is 11.5 Å². The summed E-state index contributed by atoms with van der Waals surface area (Å²) in [4.78, 5) is 0. The van der Waals surface area contributed by atoms with Gasteiger partial charge in [-0.15, -0.1) is 0 Å². The van der Waals surface area contributed by atoms with Crippen LogP contribution in [-0.4, -0.2) is 10.2 Å². The maximum atomic E-state index is 10.6. The quantitative estimate of drug-likeness (QED) is 0.832. The maximum absolute atomic E-state index is 10.6. The molecule has 2 nitrogen and oxygen atoms in total. The van der Waals surface area contributed by atoms with Crippen LogP contribution < -0.4 is 0 Å². The van der Waals surface area contributed by atoms with Gasteiger partial charge in [0.1, 0.15) is 11.5 Å². The second-order valence-electron chi connectivity index (χ2n) is 6.64.